The van der Waals surface area contributed by atoms with Crippen molar-refractivity contribution in [1.82, 2.24) is 5.43 Å². The summed E-state index contributed by atoms with van der Waals surface area (Å²) in [5.74, 6) is -2.14. The van der Waals surface area contributed by atoms with Crippen molar-refractivity contribution in [3.05, 3.63) is 65.2 Å². The average Bonchev–Trinajstić information content (AvgIpc) is 2.63. The van der Waals surface area contributed by atoms with Crippen LogP contribution in [0, 0.1) is 6.92 Å². The predicted molar refractivity (Wildman–Crippen MR) is 93.3 cm³/mol. The maximum atomic E-state index is 11.8. The number of methoxy groups -OCH3 is 1. The molecule has 0 bridgehead atoms. The lowest BCUT2D eigenvalue weighted by atomic mass is 10.1. The summed E-state index contributed by atoms with van der Waals surface area (Å²) in [7, 11) is 1.30. The van der Waals surface area contributed by atoms with Gasteiger partial charge in [-0.2, -0.15) is 5.10 Å². The third-order valence-corrected chi connectivity index (χ3v) is 3.31. The minimum atomic E-state index is -0.884. The van der Waals surface area contributed by atoms with Crippen LogP contribution < -0.4 is 10.7 Å². The molecule has 0 spiro atoms. The monoisotopic (exact) mass is 339 g/mol. The third-order valence-electron chi connectivity index (χ3n) is 3.31. The van der Waals surface area contributed by atoms with E-state index >= 15 is 0 Å². The molecule has 2 rings (SSSR count). The first-order chi connectivity index (χ1) is 12.0. The summed E-state index contributed by atoms with van der Waals surface area (Å²) in [5.41, 5.74) is 4.60. The molecule has 0 heterocycles. The largest absolute Gasteiger partial charge is 0.465 e. The molecule has 0 unspecified atom stereocenters. The Morgan fingerprint density at radius 1 is 1.00 bits per heavy atom. The second-order valence-electron chi connectivity index (χ2n) is 5.08. The van der Waals surface area contributed by atoms with Gasteiger partial charge in [0.15, 0.2) is 0 Å². The Kier molecular flexibility index (Phi) is 6.00. The number of esters is 1. The number of rotatable bonds is 4. The highest BCUT2D eigenvalue weighted by atomic mass is 16.5. The molecule has 0 aliphatic rings. The maximum absolute atomic E-state index is 11.8. The van der Waals surface area contributed by atoms with E-state index in [0.717, 1.165) is 5.56 Å². The summed E-state index contributed by atoms with van der Waals surface area (Å²) < 4.78 is 4.60. The van der Waals surface area contributed by atoms with E-state index in [2.05, 4.69) is 20.6 Å². The second kappa shape index (κ2) is 8.39. The van der Waals surface area contributed by atoms with Gasteiger partial charge in [-0.05, 0) is 36.2 Å². The summed E-state index contributed by atoms with van der Waals surface area (Å²) in [5, 5.41) is 6.23. The lowest BCUT2D eigenvalue weighted by molar-refractivity contribution is -0.136. The molecule has 0 saturated carbocycles. The van der Waals surface area contributed by atoms with Gasteiger partial charge in [-0.3, -0.25) is 9.59 Å². The number of anilines is 1. The van der Waals surface area contributed by atoms with Gasteiger partial charge in [0, 0.05) is 5.69 Å². The Hall–Kier alpha value is -3.48. The van der Waals surface area contributed by atoms with E-state index in [1.807, 2.05) is 19.1 Å². The molecule has 0 radical (unpaired) electrons. The number of hydrogen-bond acceptors (Lipinski definition) is 5. The number of nitrogens with zero attached hydrogens (tertiary/aromatic N) is 1. The van der Waals surface area contributed by atoms with Crippen molar-refractivity contribution in [1.29, 1.82) is 0 Å². The van der Waals surface area contributed by atoms with E-state index in [9.17, 15) is 14.4 Å². The van der Waals surface area contributed by atoms with E-state index in [1.165, 1.54) is 13.3 Å². The summed E-state index contributed by atoms with van der Waals surface area (Å²) in [6.45, 7) is 1.82. The molecule has 0 aromatic heterocycles. The minimum absolute atomic E-state index is 0.404. The predicted octanol–water partition coefficient (Wildman–Crippen LogP) is 1.87. The van der Waals surface area contributed by atoms with Crippen LogP contribution in [-0.2, 0) is 14.3 Å². The lowest BCUT2D eigenvalue weighted by Gasteiger charge is -2.06. The topological polar surface area (TPSA) is 96.9 Å². The van der Waals surface area contributed by atoms with Crippen molar-refractivity contribution in [3.8, 4) is 0 Å². The fraction of sp³-hybridized carbons (Fsp3) is 0.111. The van der Waals surface area contributed by atoms with Crippen molar-refractivity contribution in [2.45, 2.75) is 6.92 Å². The van der Waals surface area contributed by atoms with Gasteiger partial charge in [0.1, 0.15) is 0 Å². The van der Waals surface area contributed by atoms with Crippen LogP contribution in [-0.4, -0.2) is 31.1 Å². The average molecular weight is 339 g/mol. The minimum Gasteiger partial charge on any atom is -0.465 e. The van der Waals surface area contributed by atoms with E-state index in [-0.39, 0.29) is 0 Å². The summed E-state index contributed by atoms with van der Waals surface area (Å²) in [6, 6.07) is 13.5. The van der Waals surface area contributed by atoms with Gasteiger partial charge >= 0.3 is 17.8 Å². The molecule has 2 aromatic rings. The SMILES string of the molecule is COC(=O)c1ccc(/C=N/NC(=O)C(=O)Nc2ccccc2C)cc1. The summed E-state index contributed by atoms with van der Waals surface area (Å²) >= 11 is 0. The zero-order valence-electron chi connectivity index (χ0n) is 13.8. The molecule has 0 aliphatic heterocycles. The summed E-state index contributed by atoms with van der Waals surface area (Å²) in [6.07, 6.45) is 1.36. The van der Waals surface area contributed by atoms with Crippen molar-refractivity contribution in [2.24, 2.45) is 5.10 Å². The number of hydrazone groups is 1. The van der Waals surface area contributed by atoms with E-state index < -0.39 is 17.8 Å². The van der Waals surface area contributed by atoms with Crippen molar-refractivity contribution >= 4 is 29.7 Å². The second-order valence-corrected chi connectivity index (χ2v) is 5.08. The van der Waals surface area contributed by atoms with Gasteiger partial charge in [0.2, 0.25) is 0 Å². The van der Waals surface area contributed by atoms with Gasteiger partial charge in [-0.15, -0.1) is 0 Å². The molecular formula is C18H17N3O4. The van der Waals surface area contributed by atoms with Gasteiger partial charge < -0.3 is 10.1 Å². The third kappa shape index (κ3) is 5.00. The number of amides is 2. The number of benzene rings is 2. The smallest absolute Gasteiger partial charge is 0.337 e. The molecule has 2 amide bonds. The Balaban J connectivity index is 1.90. The summed E-state index contributed by atoms with van der Waals surface area (Å²) in [4.78, 5) is 34.9. The van der Waals surface area contributed by atoms with Crippen molar-refractivity contribution in [3.63, 3.8) is 0 Å². The highest BCUT2D eigenvalue weighted by molar-refractivity contribution is 6.39. The number of para-hydroxylation sites is 1. The van der Waals surface area contributed by atoms with Gasteiger partial charge in [0.05, 0.1) is 18.9 Å². The fourth-order valence-electron chi connectivity index (χ4n) is 1.93. The molecule has 128 valence electrons. The highest BCUT2D eigenvalue weighted by Crippen LogP contribution is 2.12. The van der Waals surface area contributed by atoms with Crippen LogP contribution in [0.1, 0.15) is 21.5 Å². The fourth-order valence-corrected chi connectivity index (χ4v) is 1.93. The molecule has 2 N–H and O–H groups in total. The molecule has 2 aromatic carbocycles. The van der Waals surface area contributed by atoms with Crippen LogP contribution in [0.4, 0.5) is 5.69 Å². The molecular weight excluding hydrogens is 322 g/mol. The quantitative estimate of drug-likeness (QED) is 0.385. The lowest BCUT2D eigenvalue weighted by Crippen LogP contribution is -2.32. The highest BCUT2D eigenvalue weighted by Gasteiger charge is 2.13. The Morgan fingerprint density at radius 2 is 1.68 bits per heavy atom. The van der Waals surface area contributed by atoms with Crippen LogP contribution in [0.15, 0.2) is 53.6 Å². The standard InChI is InChI=1S/C18H17N3O4/c1-12-5-3-4-6-15(12)20-16(22)17(23)21-19-11-13-7-9-14(10-8-13)18(24)25-2/h3-11H,1-2H3,(H,20,22)(H,21,23)/b19-11+. The zero-order chi connectivity index (χ0) is 18.2. The Morgan fingerprint density at radius 3 is 2.32 bits per heavy atom. The zero-order valence-corrected chi connectivity index (χ0v) is 13.8. The maximum Gasteiger partial charge on any atom is 0.337 e. The number of ether oxygens (including phenoxy) is 1. The molecule has 25 heavy (non-hydrogen) atoms. The van der Waals surface area contributed by atoms with Gasteiger partial charge in [-0.25, -0.2) is 10.2 Å². The van der Waals surface area contributed by atoms with Crippen LogP contribution in [0.25, 0.3) is 0 Å². The number of nitrogens with one attached hydrogen (secondary N) is 2. The normalized spacial score (nSPS) is 10.3. The van der Waals surface area contributed by atoms with Gasteiger partial charge in [-0.1, -0.05) is 30.3 Å². The number of carbonyl (C=O) groups is 3. The van der Waals surface area contributed by atoms with E-state index in [0.29, 0.717) is 16.8 Å². The Bertz CT molecular complexity index is 813. The first-order valence-electron chi connectivity index (χ1n) is 7.39. The molecule has 0 saturated heterocycles. The Labute approximate surface area is 144 Å². The molecule has 0 aliphatic carbocycles. The molecule has 7 heteroatoms. The van der Waals surface area contributed by atoms with Crippen LogP contribution in [0.2, 0.25) is 0 Å². The van der Waals surface area contributed by atoms with Crippen molar-refractivity contribution in [2.75, 3.05) is 12.4 Å². The molecule has 0 atom stereocenters. The van der Waals surface area contributed by atoms with Crippen LogP contribution in [0.3, 0.4) is 0 Å². The van der Waals surface area contributed by atoms with E-state index in [1.54, 1.807) is 36.4 Å². The molecule has 7 nitrogen and oxygen atoms in total. The number of hydrogen-bond donors (Lipinski definition) is 2. The first kappa shape index (κ1) is 17.9. The van der Waals surface area contributed by atoms with Gasteiger partial charge in [0.25, 0.3) is 0 Å². The van der Waals surface area contributed by atoms with Crippen LogP contribution >= 0.6 is 0 Å². The van der Waals surface area contributed by atoms with E-state index in [4.69, 9.17) is 0 Å². The number of carbonyl (C=O) groups excluding carboxylic acids is 3. The molecule has 0 fully saturated rings. The first-order valence-corrected chi connectivity index (χ1v) is 7.39. The number of aryl methyl sites for hydroxylation is 1. The van der Waals surface area contributed by atoms with Crippen LogP contribution in [0.5, 0.6) is 0 Å². The van der Waals surface area contributed by atoms with Crippen molar-refractivity contribution < 1.29 is 19.1 Å².